The topological polar surface area (TPSA) is 66.5 Å². The van der Waals surface area contributed by atoms with Crippen molar-refractivity contribution in [3.05, 3.63) is 58.7 Å². The minimum absolute atomic E-state index is 0.233. The highest BCUT2D eigenvalue weighted by molar-refractivity contribution is 7.89. The molecule has 0 spiro atoms. The third kappa shape index (κ3) is 4.13. The van der Waals surface area contributed by atoms with Gasteiger partial charge in [-0.05, 0) is 74.4 Å². The maximum Gasteiger partial charge on any atom is 0.255 e. The summed E-state index contributed by atoms with van der Waals surface area (Å²) in [5.74, 6) is 0.238. The van der Waals surface area contributed by atoms with Gasteiger partial charge in [0.15, 0.2) is 0 Å². The van der Waals surface area contributed by atoms with Crippen LogP contribution in [0, 0.1) is 26.7 Å². The monoisotopic (exact) mass is 400 g/mol. The molecule has 0 aliphatic carbocycles. The van der Waals surface area contributed by atoms with Gasteiger partial charge < -0.3 is 5.32 Å². The first kappa shape index (κ1) is 20.6. The van der Waals surface area contributed by atoms with Crippen molar-refractivity contribution in [2.45, 2.75) is 45.4 Å². The van der Waals surface area contributed by atoms with Crippen molar-refractivity contribution in [3.63, 3.8) is 0 Å². The summed E-state index contributed by atoms with van der Waals surface area (Å²) in [6.07, 6.45) is 1.73. The number of carbonyl (C=O) groups is 1. The van der Waals surface area contributed by atoms with Crippen molar-refractivity contribution in [1.29, 1.82) is 0 Å². The average molecular weight is 401 g/mol. The molecule has 6 heteroatoms. The number of amides is 1. The van der Waals surface area contributed by atoms with Crippen LogP contribution in [0.5, 0.6) is 0 Å². The SMILES string of the molecule is Cc1ccccc1NC(=O)c1cc(C)c(C)c(S(=O)(=O)N2CCC(C)CC2)c1. The van der Waals surface area contributed by atoms with Crippen molar-refractivity contribution < 1.29 is 13.2 Å². The number of rotatable bonds is 4. The van der Waals surface area contributed by atoms with Crippen LogP contribution >= 0.6 is 0 Å². The summed E-state index contributed by atoms with van der Waals surface area (Å²) >= 11 is 0. The van der Waals surface area contributed by atoms with E-state index in [0.29, 0.717) is 30.1 Å². The number of nitrogens with zero attached hydrogens (tertiary/aromatic N) is 1. The van der Waals surface area contributed by atoms with Crippen molar-refractivity contribution in [2.75, 3.05) is 18.4 Å². The highest BCUT2D eigenvalue weighted by Crippen LogP contribution is 2.28. The quantitative estimate of drug-likeness (QED) is 0.833. The third-order valence-electron chi connectivity index (χ3n) is 5.64. The zero-order valence-corrected chi connectivity index (χ0v) is 17.8. The van der Waals surface area contributed by atoms with Crippen LogP contribution in [-0.2, 0) is 10.0 Å². The van der Waals surface area contributed by atoms with E-state index in [1.165, 1.54) is 6.07 Å². The Morgan fingerprint density at radius 1 is 1.04 bits per heavy atom. The van der Waals surface area contributed by atoms with E-state index >= 15 is 0 Å². The Bertz CT molecular complexity index is 991. The van der Waals surface area contributed by atoms with Crippen LogP contribution in [0.15, 0.2) is 41.3 Å². The summed E-state index contributed by atoms with van der Waals surface area (Å²) in [7, 11) is -3.62. The van der Waals surface area contributed by atoms with Crippen LogP contribution in [0.1, 0.15) is 46.8 Å². The first-order valence-corrected chi connectivity index (χ1v) is 11.1. The molecule has 1 aliphatic rings. The molecule has 2 aromatic rings. The van der Waals surface area contributed by atoms with Crippen LogP contribution in [0.4, 0.5) is 5.69 Å². The fourth-order valence-corrected chi connectivity index (χ4v) is 5.29. The van der Waals surface area contributed by atoms with Crippen molar-refractivity contribution in [1.82, 2.24) is 4.31 Å². The van der Waals surface area contributed by atoms with Gasteiger partial charge in [-0.15, -0.1) is 0 Å². The average Bonchev–Trinajstić information content (AvgIpc) is 2.65. The number of hydrogen-bond donors (Lipinski definition) is 1. The maximum atomic E-state index is 13.2. The van der Waals surface area contributed by atoms with Gasteiger partial charge in [0.1, 0.15) is 0 Å². The summed E-state index contributed by atoms with van der Waals surface area (Å²) in [5, 5.41) is 2.89. The number of hydrogen-bond acceptors (Lipinski definition) is 3. The van der Waals surface area contributed by atoms with E-state index in [1.807, 2.05) is 38.1 Å². The predicted octanol–water partition coefficient (Wildman–Crippen LogP) is 4.28. The molecule has 1 amide bonds. The highest BCUT2D eigenvalue weighted by atomic mass is 32.2. The molecule has 1 fully saturated rings. The molecule has 2 aromatic carbocycles. The lowest BCUT2D eigenvalue weighted by Gasteiger charge is -2.30. The second-order valence-electron chi connectivity index (χ2n) is 7.77. The van der Waals surface area contributed by atoms with E-state index in [0.717, 1.165) is 29.7 Å². The van der Waals surface area contributed by atoms with Crippen LogP contribution in [0.25, 0.3) is 0 Å². The van der Waals surface area contributed by atoms with E-state index < -0.39 is 10.0 Å². The number of para-hydroxylation sites is 1. The molecule has 28 heavy (non-hydrogen) atoms. The summed E-state index contributed by atoms with van der Waals surface area (Å²) in [4.78, 5) is 13.0. The molecule has 0 aromatic heterocycles. The molecular weight excluding hydrogens is 372 g/mol. The first-order chi connectivity index (χ1) is 13.2. The van der Waals surface area contributed by atoms with Crippen LogP contribution in [0.3, 0.4) is 0 Å². The molecule has 0 radical (unpaired) electrons. The molecule has 0 atom stereocenters. The fraction of sp³-hybridized carbons (Fsp3) is 0.409. The van der Waals surface area contributed by atoms with Gasteiger partial charge in [-0.3, -0.25) is 4.79 Å². The Morgan fingerprint density at radius 3 is 2.32 bits per heavy atom. The number of carbonyl (C=O) groups excluding carboxylic acids is 1. The number of aryl methyl sites for hydroxylation is 2. The molecule has 1 aliphatic heterocycles. The second kappa shape index (κ2) is 8.05. The lowest BCUT2D eigenvalue weighted by atomic mass is 10.0. The number of nitrogens with one attached hydrogen (secondary N) is 1. The smallest absolute Gasteiger partial charge is 0.255 e. The molecule has 3 rings (SSSR count). The molecule has 0 saturated carbocycles. The van der Waals surface area contributed by atoms with Crippen LogP contribution in [0.2, 0.25) is 0 Å². The van der Waals surface area contributed by atoms with Gasteiger partial charge in [0.2, 0.25) is 10.0 Å². The number of piperidine rings is 1. The van der Waals surface area contributed by atoms with Gasteiger partial charge in [-0.25, -0.2) is 8.42 Å². The molecule has 1 N–H and O–H groups in total. The standard InChI is InChI=1S/C22H28N2O3S/c1-15-9-11-24(12-10-15)28(26,27)21-14-19(13-17(3)18(21)4)22(25)23-20-8-6-5-7-16(20)2/h5-8,13-15H,9-12H2,1-4H3,(H,23,25). The molecular formula is C22H28N2O3S. The fourth-order valence-electron chi connectivity index (χ4n) is 3.50. The van der Waals surface area contributed by atoms with E-state index in [1.54, 1.807) is 17.3 Å². The van der Waals surface area contributed by atoms with Gasteiger partial charge in [-0.1, -0.05) is 25.1 Å². The third-order valence-corrected chi connectivity index (χ3v) is 7.66. The van der Waals surface area contributed by atoms with Gasteiger partial charge in [-0.2, -0.15) is 4.31 Å². The summed E-state index contributed by atoms with van der Waals surface area (Å²) in [5.41, 5.74) is 3.53. The Balaban J connectivity index is 1.94. The van der Waals surface area contributed by atoms with E-state index in [4.69, 9.17) is 0 Å². The van der Waals surface area contributed by atoms with E-state index in [-0.39, 0.29) is 10.8 Å². The van der Waals surface area contributed by atoms with Crippen molar-refractivity contribution in [2.24, 2.45) is 5.92 Å². The maximum absolute atomic E-state index is 13.2. The van der Waals surface area contributed by atoms with Crippen molar-refractivity contribution in [3.8, 4) is 0 Å². The number of benzene rings is 2. The molecule has 1 heterocycles. The molecule has 1 saturated heterocycles. The summed E-state index contributed by atoms with van der Waals surface area (Å²) < 4.78 is 28.1. The predicted molar refractivity (Wildman–Crippen MR) is 112 cm³/mol. The summed E-state index contributed by atoms with van der Waals surface area (Å²) in [6.45, 7) is 8.78. The van der Waals surface area contributed by atoms with Gasteiger partial charge in [0, 0.05) is 24.3 Å². The van der Waals surface area contributed by atoms with Gasteiger partial charge in [0.25, 0.3) is 5.91 Å². The minimum Gasteiger partial charge on any atom is -0.322 e. The normalized spacial score (nSPS) is 16.1. The Kier molecular flexibility index (Phi) is 5.91. The Hall–Kier alpha value is -2.18. The number of anilines is 1. The van der Waals surface area contributed by atoms with Crippen LogP contribution < -0.4 is 5.32 Å². The largest absolute Gasteiger partial charge is 0.322 e. The first-order valence-electron chi connectivity index (χ1n) is 9.68. The molecule has 0 unspecified atom stereocenters. The lowest BCUT2D eigenvalue weighted by Crippen LogP contribution is -2.38. The zero-order valence-electron chi connectivity index (χ0n) is 17.0. The lowest BCUT2D eigenvalue weighted by molar-refractivity contribution is 0.102. The van der Waals surface area contributed by atoms with E-state index in [2.05, 4.69) is 12.2 Å². The Labute approximate surface area is 167 Å². The minimum atomic E-state index is -3.62. The summed E-state index contributed by atoms with van der Waals surface area (Å²) in [6, 6.07) is 10.8. The van der Waals surface area contributed by atoms with Gasteiger partial charge >= 0.3 is 0 Å². The van der Waals surface area contributed by atoms with Crippen LogP contribution in [-0.4, -0.2) is 31.7 Å². The van der Waals surface area contributed by atoms with E-state index in [9.17, 15) is 13.2 Å². The zero-order chi connectivity index (χ0) is 20.5. The second-order valence-corrected chi connectivity index (χ2v) is 9.68. The highest BCUT2D eigenvalue weighted by Gasteiger charge is 2.30. The van der Waals surface area contributed by atoms with Crippen molar-refractivity contribution >= 4 is 21.6 Å². The number of sulfonamides is 1. The molecule has 0 bridgehead atoms. The Morgan fingerprint density at radius 2 is 1.68 bits per heavy atom. The van der Waals surface area contributed by atoms with Gasteiger partial charge in [0.05, 0.1) is 4.90 Å². The molecule has 150 valence electrons. The molecule has 5 nitrogen and oxygen atoms in total.